The van der Waals surface area contributed by atoms with Crippen LogP contribution in [0.2, 0.25) is 0 Å². The number of ketones is 1. The summed E-state index contributed by atoms with van der Waals surface area (Å²) in [6, 6.07) is 9.59. The summed E-state index contributed by atoms with van der Waals surface area (Å²) in [5.74, 6) is -0.565. The van der Waals surface area contributed by atoms with E-state index in [9.17, 15) is 17.6 Å². The zero-order valence-electron chi connectivity index (χ0n) is 20.9. The Kier molecular flexibility index (Phi) is 5.65. The van der Waals surface area contributed by atoms with Crippen LogP contribution in [0.5, 0.6) is 0 Å². The van der Waals surface area contributed by atoms with Crippen LogP contribution in [0.25, 0.3) is 11.8 Å². The molecule has 0 saturated carbocycles. The van der Waals surface area contributed by atoms with Crippen molar-refractivity contribution in [3.05, 3.63) is 95.1 Å². The lowest BCUT2D eigenvalue weighted by Gasteiger charge is -2.44. The molecule has 0 spiro atoms. The largest absolute Gasteiger partial charge is 0.291 e. The number of nitrogens with zero attached hydrogens (tertiary/aromatic N) is 6. The average molecular weight is 533 g/mol. The van der Waals surface area contributed by atoms with Gasteiger partial charge in [0.25, 0.3) is 0 Å². The number of pyridine rings is 1. The van der Waals surface area contributed by atoms with Gasteiger partial charge in [0.15, 0.2) is 5.78 Å². The molecule has 1 fully saturated rings. The number of sulfonamides is 1. The van der Waals surface area contributed by atoms with E-state index in [1.807, 2.05) is 19.1 Å². The van der Waals surface area contributed by atoms with Crippen molar-refractivity contribution < 1.29 is 17.6 Å². The number of halogens is 1. The Morgan fingerprint density at radius 2 is 1.89 bits per heavy atom. The Labute approximate surface area is 219 Å². The van der Waals surface area contributed by atoms with Gasteiger partial charge in [0.1, 0.15) is 16.4 Å². The third-order valence-electron chi connectivity index (χ3n) is 7.35. The monoisotopic (exact) mass is 532 g/mol. The normalized spacial score (nSPS) is 19.5. The van der Waals surface area contributed by atoms with Gasteiger partial charge in [-0.2, -0.15) is 14.5 Å². The molecule has 0 radical (unpaired) electrons. The number of aromatic nitrogens is 5. The Balaban J connectivity index is 1.46. The van der Waals surface area contributed by atoms with Crippen LogP contribution < -0.4 is 0 Å². The van der Waals surface area contributed by atoms with Crippen LogP contribution in [0, 0.1) is 18.2 Å². The first-order valence-electron chi connectivity index (χ1n) is 12.2. The zero-order valence-corrected chi connectivity index (χ0v) is 21.7. The average Bonchev–Trinajstić information content (AvgIpc) is 3.53. The second kappa shape index (κ2) is 8.81. The highest BCUT2D eigenvalue weighted by Gasteiger charge is 2.51. The van der Waals surface area contributed by atoms with Crippen molar-refractivity contribution in [3.8, 4) is 5.69 Å². The summed E-state index contributed by atoms with van der Waals surface area (Å²) in [6.45, 7) is 2.09. The fourth-order valence-corrected chi connectivity index (χ4v) is 6.88. The number of carbonyl (C=O) groups excluding carboxylic acids is 1. The van der Waals surface area contributed by atoms with E-state index in [0.29, 0.717) is 17.8 Å². The summed E-state index contributed by atoms with van der Waals surface area (Å²) in [7, 11) is -2.22. The van der Waals surface area contributed by atoms with Crippen LogP contribution in [0.3, 0.4) is 0 Å². The van der Waals surface area contributed by atoms with Gasteiger partial charge in [-0.15, -0.1) is 0 Å². The van der Waals surface area contributed by atoms with Crippen molar-refractivity contribution >= 4 is 21.9 Å². The number of hydrogen-bond donors (Lipinski definition) is 0. The second-order valence-corrected chi connectivity index (χ2v) is 11.8. The maximum Gasteiger partial charge on any atom is 0.246 e. The zero-order chi connectivity index (χ0) is 26.7. The lowest BCUT2D eigenvalue weighted by atomic mass is 9.65. The molecule has 2 aliphatic rings. The van der Waals surface area contributed by atoms with Gasteiger partial charge in [-0.1, -0.05) is 5.57 Å². The maximum absolute atomic E-state index is 14.2. The fraction of sp³-hybridized carbons (Fsp3) is 0.259. The van der Waals surface area contributed by atoms with Gasteiger partial charge in [0.05, 0.1) is 29.2 Å². The van der Waals surface area contributed by atoms with Gasteiger partial charge >= 0.3 is 0 Å². The van der Waals surface area contributed by atoms with Gasteiger partial charge in [0, 0.05) is 32.5 Å². The topological polar surface area (TPSA) is 103 Å². The standard InChI is InChI=1S/C27H25FN6O3S/c1-18-7-9-29-24(11-18)26(35)27-13-19-14-31-34(22-5-3-21(28)4-6-22)25(19)12-20(27)8-10-33(17-27)38(36,37)23-15-30-32(2)16-23/h3-7,9,11-12,14-16H,8,10,13,17H2,1-2H3. The van der Waals surface area contributed by atoms with Gasteiger partial charge in [-0.05, 0) is 73.4 Å². The van der Waals surface area contributed by atoms with Crippen molar-refractivity contribution in [2.75, 3.05) is 13.1 Å². The van der Waals surface area contributed by atoms with Gasteiger partial charge in [0.2, 0.25) is 10.0 Å². The van der Waals surface area contributed by atoms with Crippen molar-refractivity contribution in [1.82, 2.24) is 28.9 Å². The molecule has 0 bridgehead atoms. The quantitative estimate of drug-likeness (QED) is 0.365. The molecule has 9 nitrogen and oxygen atoms in total. The van der Waals surface area contributed by atoms with E-state index < -0.39 is 15.4 Å². The Bertz CT molecular complexity index is 1710. The van der Waals surface area contributed by atoms with Gasteiger partial charge < -0.3 is 0 Å². The molecule has 0 amide bonds. The van der Waals surface area contributed by atoms with Crippen LogP contribution in [0.1, 0.15) is 33.7 Å². The van der Waals surface area contributed by atoms with E-state index in [0.717, 1.165) is 22.4 Å². The molecule has 4 heterocycles. The number of piperidine rings is 1. The molecule has 1 saturated heterocycles. The molecule has 1 aliphatic carbocycles. The second-order valence-electron chi connectivity index (χ2n) is 9.86. The number of hydrogen-bond acceptors (Lipinski definition) is 6. The minimum Gasteiger partial charge on any atom is -0.291 e. The van der Waals surface area contributed by atoms with Crippen LogP contribution in [-0.4, -0.2) is 56.1 Å². The van der Waals surface area contributed by atoms with E-state index in [1.165, 1.54) is 33.5 Å². The molecule has 1 aromatic carbocycles. The molecule has 1 atom stereocenters. The number of fused-ring (bicyclic) bond motifs is 2. The summed E-state index contributed by atoms with van der Waals surface area (Å²) in [5, 5.41) is 8.55. The van der Waals surface area contributed by atoms with Crippen LogP contribution in [0.4, 0.5) is 4.39 Å². The molecular formula is C27H25FN6O3S. The minimum absolute atomic E-state index is 0.0221. The third kappa shape index (κ3) is 3.89. The predicted octanol–water partition coefficient (Wildman–Crippen LogP) is 3.35. The Morgan fingerprint density at radius 3 is 2.61 bits per heavy atom. The number of benzene rings is 1. The molecule has 194 valence electrons. The number of aryl methyl sites for hydroxylation is 2. The number of Topliss-reactive ketones (excluding diaryl/α,β-unsaturated/α-hetero) is 1. The van der Waals surface area contributed by atoms with Crippen LogP contribution >= 0.6 is 0 Å². The summed E-state index contributed by atoms with van der Waals surface area (Å²) < 4.78 is 45.2. The summed E-state index contributed by atoms with van der Waals surface area (Å²) >= 11 is 0. The first-order valence-corrected chi connectivity index (χ1v) is 13.6. The van der Waals surface area contributed by atoms with E-state index in [4.69, 9.17) is 0 Å². The van der Waals surface area contributed by atoms with Crippen molar-refractivity contribution in [2.24, 2.45) is 12.5 Å². The molecule has 3 aromatic heterocycles. The highest BCUT2D eigenvalue weighted by molar-refractivity contribution is 7.89. The van der Waals surface area contributed by atoms with Gasteiger partial charge in [-0.3, -0.25) is 14.5 Å². The molecular weight excluding hydrogens is 507 g/mol. The first-order chi connectivity index (χ1) is 18.2. The first kappa shape index (κ1) is 24.4. The van der Waals surface area contributed by atoms with Crippen LogP contribution in [0.15, 0.2) is 71.7 Å². The maximum atomic E-state index is 14.2. The van der Waals surface area contributed by atoms with Crippen molar-refractivity contribution in [2.45, 2.75) is 24.7 Å². The third-order valence-corrected chi connectivity index (χ3v) is 9.15. The Morgan fingerprint density at radius 1 is 1.11 bits per heavy atom. The van der Waals surface area contributed by atoms with Crippen molar-refractivity contribution in [1.29, 1.82) is 0 Å². The SMILES string of the molecule is Cc1ccnc(C(=O)C23Cc4cnn(-c5ccc(F)cc5)c4C=C2CCN(S(=O)(=O)c2cnn(C)c2)C3)c1. The number of rotatable bonds is 5. The minimum atomic E-state index is -3.88. The lowest BCUT2D eigenvalue weighted by molar-refractivity contribution is 0.0770. The summed E-state index contributed by atoms with van der Waals surface area (Å²) in [4.78, 5) is 18.7. The smallest absolute Gasteiger partial charge is 0.246 e. The van der Waals surface area contributed by atoms with Gasteiger partial charge in [-0.25, -0.2) is 17.5 Å². The molecule has 1 aliphatic heterocycles. The van der Waals surface area contributed by atoms with Crippen molar-refractivity contribution in [3.63, 3.8) is 0 Å². The molecule has 11 heteroatoms. The molecule has 0 N–H and O–H groups in total. The summed E-state index contributed by atoms with van der Waals surface area (Å²) in [5.41, 5.74) is 3.18. The fourth-order valence-electron chi connectivity index (χ4n) is 5.40. The lowest BCUT2D eigenvalue weighted by Crippen LogP contribution is -2.53. The van der Waals surface area contributed by atoms with E-state index in [1.54, 1.807) is 42.3 Å². The predicted molar refractivity (Wildman–Crippen MR) is 138 cm³/mol. The molecule has 38 heavy (non-hydrogen) atoms. The highest BCUT2D eigenvalue weighted by Crippen LogP contribution is 2.47. The Hall–Kier alpha value is -3.96. The molecule has 1 unspecified atom stereocenters. The summed E-state index contributed by atoms with van der Waals surface area (Å²) in [6.07, 6.45) is 8.65. The van der Waals surface area contributed by atoms with E-state index >= 15 is 0 Å². The molecule has 6 rings (SSSR count). The van der Waals surface area contributed by atoms with E-state index in [-0.39, 0.29) is 36.0 Å². The van der Waals surface area contributed by atoms with Crippen LogP contribution in [-0.2, 0) is 23.5 Å². The molecule has 4 aromatic rings. The van der Waals surface area contributed by atoms with E-state index in [2.05, 4.69) is 15.2 Å². The highest BCUT2D eigenvalue weighted by atomic mass is 32.2. The number of carbonyl (C=O) groups is 1.